The Bertz CT molecular complexity index is 485. The van der Waals surface area contributed by atoms with E-state index in [1.807, 2.05) is 0 Å². The van der Waals surface area contributed by atoms with Crippen LogP contribution in [-0.4, -0.2) is 29.1 Å². The zero-order chi connectivity index (χ0) is 15.7. The van der Waals surface area contributed by atoms with Crippen molar-refractivity contribution in [3.63, 3.8) is 0 Å². The second-order valence-corrected chi connectivity index (χ2v) is 5.53. The van der Waals surface area contributed by atoms with E-state index in [-0.39, 0.29) is 17.9 Å². The van der Waals surface area contributed by atoms with Crippen molar-refractivity contribution in [3.8, 4) is 0 Å². The third kappa shape index (κ3) is 5.86. The van der Waals surface area contributed by atoms with Gasteiger partial charge in [-0.25, -0.2) is 4.98 Å². The fourth-order valence-corrected chi connectivity index (χ4v) is 2.39. The molecule has 1 aromatic heterocycles. The highest BCUT2D eigenvalue weighted by molar-refractivity contribution is 6.29. The average Bonchev–Trinajstić information content (AvgIpc) is 2.49. The predicted octanol–water partition coefficient (Wildman–Crippen LogP) is 3.05. The topological polar surface area (TPSA) is 62.2 Å². The van der Waals surface area contributed by atoms with Crippen LogP contribution in [0.15, 0.2) is 24.4 Å². The lowest BCUT2D eigenvalue weighted by atomic mass is 9.79. The van der Waals surface area contributed by atoms with Gasteiger partial charge in [-0.3, -0.25) is 4.79 Å². The normalized spacial score (nSPS) is 11.8. The molecule has 0 aliphatic rings. The van der Waals surface area contributed by atoms with Crippen molar-refractivity contribution < 1.29 is 9.90 Å². The number of hydrogen-bond acceptors (Lipinski definition) is 3. The van der Waals surface area contributed by atoms with Crippen molar-refractivity contribution >= 4 is 23.6 Å². The molecule has 0 bridgehead atoms. The van der Waals surface area contributed by atoms with Crippen molar-refractivity contribution in [2.45, 2.75) is 33.1 Å². The molecule has 0 atom stereocenters. The number of halogens is 1. The average molecular weight is 311 g/mol. The number of amides is 1. The summed E-state index contributed by atoms with van der Waals surface area (Å²) in [7, 11) is 0. The Kier molecular flexibility index (Phi) is 7.40. The van der Waals surface area contributed by atoms with Gasteiger partial charge in [0.25, 0.3) is 0 Å². The van der Waals surface area contributed by atoms with E-state index in [2.05, 4.69) is 24.1 Å². The Balaban J connectivity index is 2.57. The van der Waals surface area contributed by atoms with Crippen molar-refractivity contribution in [2.24, 2.45) is 5.41 Å². The summed E-state index contributed by atoms with van der Waals surface area (Å²) in [6, 6.07) is 3.48. The maximum Gasteiger partial charge on any atom is 0.244 e. The van der Waals surface area contributed by atoms with Gasteiger partial charge in [-0.15, -0.1) is 0 Å². The number of rotatable bonds is 8. The van der Waals surface area contributed by atoms with Crippen LogP contribution in [0.3, 0.4) is 0 Å². The molecular weight excluding hydrogens is 288 g/mol. The second-order valence-electron chi connectivity index (χ2n) is 5.14. The van der Waals surface area contributed by atoms with E-state index in [9.17, 15) is 4.79 Å². The number of aliphatic hydroxyl groups excluding tert-OH is 1. The minimum atomic E-state index is -0.146. The first-order valence-electron chi connectivity index (χ1n) is 7.23. The second kappa shape index (κ2) is 8.80. The Morgan fingerprint density at radius 2 is 2.19 bits per heavy atom. The highest BCUT2D eigenvalue weighted by Crippen LogP contribution is 2.29. The molecule has 116 valence electrons. The summed E-state index contributed by atoms with van der Waals surface area (Å²) in [4.78, 5) is 15.8. The highest BCUT2D eigenvalue weighted by Gasteiger charge is 2.25. The molecule has 1 heterocycles. The molecule has 5 heteroatoms. The molecule has 21 heavy (non-hydrogen) atoms. The van der Waals surface area contributed by atoms with E-state index >= 15 is 0 Å². The standard InChI is InChI=1S/C16H23ClN2O2/c1-3-16(4-2,8-10-20)12-19-15(21)6-5-13-7-9-18-14(17)11-13/h5-7,9,11,20H,3-4,8,10,12H2,1-2H3,(H,19,21)/b6-5+. The van der Waals surface area contributed by atoms with Crippen LogP contribution in [0.2, 0.25) is 5.15 Å². The number of carbonyl (C=O) groups is 1. The van der Waals surface area contributed by atoms with Gasteiger partial charge in [0.2, 0.25) is 5.91 Å². The van der Waals surface area contributed by atoms with Crippen molar-refractivity contribution in [2.75, 3.05) is 13.2 Å². The van der Waals surface area contributed by atoms with Crippen LogP contribution in [0.25, 0.3) is 6.08 Å². The summed E-state index contributed by atoms with van der Waals surface area (Å²) >= 11 is 5.78. The predicted molar refractivity (Wildman–Crippen MR) is 86.0 cm³/mol. The van der Waals surface area contributed by atoms with E-state index in [0.717, 1.165) is 18.4 Å². The van der Waals surface area contributed by atoms with Gasteiger partial charge in [-0.05, 0) is 48.4 Å². The number of pyridine rings is 1. The number of nitrogens with zero attached hydrogens (tertiary/aromatic N) is 1. The zero-order valence-corrected chi connectivity index (χ0v) is 13.4. The monoisotopic (exact) mass is 310 g/mol. The molecule has 4 nitrogen and oxygen atoms in total. The van der Waals surface area contributed by atoms with Crippen LogP contribution in [0.4, 0.5) is 0 Å². The van der Waals surface area contributed by atoms with Gasteiger partial charge in [0.1, 0.15) is 5.15 Å². The largest absolute Gasteiger partial charge is 0.396 e. The van der Waals surface area contributed by atoms with Crippen LogP contribution in [-0.2, 0) is 4.79 Å². The van der Waals surface area contributed by atoms with Gasteiger partial charge in [0.05, 0.1) is 0 Å². The molecule has 0 spiro atoms. The summed E-state index contributed by atoms with van der Waals surface area (Å²) in [5.41, 5.74) is 0.802. The molecule has 0 fully saturated rings. The molecule has 0 aliphatic carbocycles. The van der Waals surface area contributed by atoms with E-state index in [4.69, 9.17) is 16.7 Å². The van der Waals surface area contributed by atoms with Gasteiger partial charge in [0.15, 0.2) is 0 Å². The van der Waals surface area contributed by atoms with Crippen LogP contribution in [0.1, 0.15) is 38.7 Å². The first-order chi connectivity index (χ1) is 10.0. The molecule has 1 amide bonds. The number of nitrogens with one attached hydrogen (secondary N) is 1. The molecule has 2 N–H and O–H groups in total. The van der Waals surface area contributed by atoms with Gasteiger partial charge < -0.3 is 10.4 Å². The lowest BCUT2D eigenvalue weighted by Crippen LogP contribution is -2.36. The third-order valence-electron chi connectivity index (χ3n) is 3.96. The van der Waals surface area contributed by atoms with Crippen LogP contribution < -0.4 is 5.32 Å². The van der Waals surface area contributed by atoms with Gasteiger partial charge in [-0.2, -0.15) is 0 Å². The van der Waals surface area contributed by atoms with Crippen molar-refractivity contribution in [1.82, 2.24) is 10.3 Å². The SMILES string of the molecule is CCC(CC)(CCO)CNC(=O)/C=C/c1ccnc(Cl)c1. The molecule has 1 aromatic rings. The number of carbonyl (C=O) groups excluding carboxylic acids is 1. The van der Waals surface area contributed by atoms with Gasteiger partial charge in [-0.1, -0.05) is 25.4 Å². The first-order valence-corrected chi connectivity index (χ1v) is 7.61. The fourth-order valence-electron chi connectivity index (χ4n) is 2.21. The van der Waals surface area contributed by atoms with E-state index in [0.29, 0.717) is 18.1 Å². The Morgan fingerprint density at radius 3 is 2.76 bits per heavy atom. The maximum atomic E-state index is 11.9. The third-order valence-corrected chi connectivity index (χ3v) is 4.16. The summed E-state index contributed by atoms with van der Waals surface area (Å²) in [6.45, 7) is 4.88. The smallest absolute Gasteiger partial charge is 0.244 e. The van der Waals surface area contributed by atoms with Crippen LogP contribution in [0.5, 0.6) is 0 Å². The van der Waals surface area contributed by atoms with Crippen LogP contribution in [0, 0.1) is 5.41 Å². The molecule has 1 rings (SSSR count). The summed E-state index contributed by atoms with van der Waals surface area (Å²) in [5, 5.41) is 12.5. The first kappa shape index (κ1) is 17.7. The molecule has 0 aromatic carbocycles. The number of aliphatic hydroxyl groups is 1. The molecular formula is C16H23ClN2O2. The van der Waals surface area contributed by atoms with Crippen molar-refractivity contribution in [3.05, 3.63) is 35.1 Å². The molecule has 0 radical (unpaired) electrons. The molecule has 0 aliphatic heterocycles. The van der Waals surface area contributed by atoms with Gasteiger partial charge in [0, 0.05) is 25.4 Å². The molecule has 0 unspecified atom stereocenters. The molecule has 0 saturated heterocycles. The number of hydrogen-bond donors (Lipinski definition) is 2. The lowest BCUT2D eigenvalue weighted by molar-refractivity contribution is -0.117. The minimum Gasteiger partial charge on any atom is -0.396 e. The minimum absolute atomic E-state index is 0.0295. The van der Waals surface area contributed by atoms with Gasteiger partial charge >= 0.3 is 0 Å². The summed E-state index contributed by atoms with van der Waals surface area (Å²) in [5.74, 6) is -0.146. The van der Waals surface area contributed by atoms with E-state index in [1.54, 1.807) is 24.4 Å². The highest BCUT2D eigenvalue weighted by atomic mass is 35.5. The number of aromatic nitrogens is 1. The lowest BCUT2D eigenvalue weighted by Gasteiger charge is -2.31. The zero-order valence-electron chi connectivity index (χ0n) is 12.6. The van der Waals surface area contributed by atoms with Crippen molar-refractivity contribution in [1.29, 1.82) is 0 Å². The Morgan fingerprint density at radius 1 is 1.48 bits per heavy atom. The summed E-state index contributed by atoms with van der Waals surface area (Å²) in [6.07, 6.45) is 7.33. The summed E-state index contributed by atoms with van der Waals surface area (Å²) < 4.78 is 0. The Hall–Kier alpha value is -1.39. The Labute approximate surface area is 131 Å². The van der Waals surface area contributed by atoms with E-state index < -0.39 is 0 Å². The van der Waals surface area contributed by atoms with E-state index in [1.165, 1.54) is 6.08 Å². The fraction of sp³-hybridized carbons (Fsp3) is 0.500. The maximum absolute atomic E-state index is 11.9. The van der Waals surface area contributed by atoms with Crippen LogP contribution >= 0.6 is 11.6 Å². The molecule has 0 saturated carbocycles. The quantitative estimate of drug-likeness (QED) is 0.573.